The number of unbranched alkanes of at least 4 members (excludes halogenated alkanes) is 3. The maximum absolute atomic E-state index is 12.7. The number of likely N-dealkylation sites (tertiary alicyclic amines) is 1. The summed E-state index contributed by atoms with van der Waals surface area (Å²) in [5.74, 6) is -0.635. The minimum atomic E-state index is -0.712. The van der Waals surface area contributed by atoms with Gasteiger partial charge in [0, 0.05) is 35.5 Å². The number of alkyl carbamates (subject to hydrolysis) is 1. The van der Waals surface area contributed by atoms with Gasteiger partial charge in [0.2, 0.25) is 5.91 Å². The van der Waals surface area contributed by atoms with Gasteiger partial charge in [0.15, 0.2) is 0 Å². The standard InChI is InChI=1S/C28H36N4O5/c1-3-4-5-8-15-37-28(36)31-26(29)20-9-12-24(33)21(17-20)18-25(34)30-22-10-11-23(19(2)16-22)27(35)32-13-6-7-14-32/h9-12,16-17,33H,3-8,13-15,18H2,1-2H3,(H,30,34)(H2,29,31,36). The van der Waals surface area contributed by atoms with Gasteiger partial charge in [-0.2, -0.15) is 0 Å². The van der Waals surface area contributed by atoms with Crippen molar-refractivity contribution in [3.63, 3.8) is 0 Å². The monoisotopic (exact) mass is 508 g/mol. The smallest absolute Gasteiger partial charge is 0.412 e. The van der Waals surface area contributed by atoms with E-state index >= 15 is 0 Å². The highest BCUT2D eigenvalue weighted by molar-refractivity contribution is 6.05. The van der Waals surface area contributed by atoms with E-state index < -0.39 is 6.09 Å². The van der Waals surface area contributed by atoms with Crippen LogP contribution in [0, 0.1) is 12.3 Å². The molecule has 9 nitrogen and oxygen atoms in total. The van der Waals surface area contributed by atoms with Crippen molar-refractivity contribution < 1.29 is 24.2 Å². The molecule has 0 atom stereocenters. The van der Waals surface area contributed by atoms with Crippen LogP contribution in [0.5, 0.6) is 5.75 Å². The van der Waals surface area contributed by atoms with Gasteiger partial charge in [-0.1, -0.05) is 26.2 Å². The first kappa shape index (κ1) is 27.7. The van der Waals surface area contributed by atoms with E-state index in [1.165, 1.54) is 18.2 Å². The largest absolute Gasteiger partial charge is 0.508 e. The first-order valence-corrected chi connectivity index (χ1v) is 12.8. The minimum Gasteiger partial charge on any atom is -0.508 e. The third kappa shape index (κ3) is 8.06. The fraction of sp³-hybridized carbons (Fsp3) is 0.429. The molecular formula is C28H36N4O5. The molecule has 2 aromatic carbocycles. The van der Waals surface area contributed by atoms with Crippen LogP contribution in [0.4, 0.5) is 10.5 Å². The molecule has 1 heterocycles. The number of amides is 3. The van der Waals surface area contributed by atoms with E-state index in [0.29, 0.717) is 22.4 Å². The molecular weight excluding hydrogens is 472 g/mol. The molecule has 0 aromatic heterocycles. The molecule has 3 amide bonds. The number of phenolic OH excluding ortho intramolecular Hbond substituents is 1. The van der Waals surface area contributed by atoms with E-state index in [9.17, 15) is 19.5 Å². The number of hydrogen-bond donors (Lipinski definition) is 4. The van der Waals surface area contributed by atoms with Crippen LogP contribution < -0.4 is 10.6 Å². The molecule has 0 bridgehead atoms. The molecule has 0 saturated carbocycles. The number of amidine groups is 1. The van der Waals surface area contributed by atoms with Crippen LogP contribution in [0.25, 0.3) is 0 Å². The lowest BCUT2D eigenvalue weighted by molar-refractivity contribution is -0.115. The number of carbonyl (C=O) groups is 3. The fourth-order valence-corrected chi connectivity index (χ4v) is 4.24. The highest BCUT2D eigenvalue weighted by Gasteiger charge is 2.21. The van der Waals surface area contributed by atoms with Gasteiger partial charge in [-0.3, -0.25) is 20.3 Å². The highest BCUT2D eigenvalue weighted by atomic mass is 16.5. The number of phenols is 1. The summed E-state index contributed by atoms with van der Waals surface area (Å²) >= 11 is 0. The number of nitrogens with zero attached hydrogens (tertiary/aromatic N) is 1. The van der Waals surface area contributed by atoms with Crippen LogP contribution >= 0.6 is 0 Å². The number of benzene rings is 2. The van der Waals surface area contributed by atoms with Crippen LogP contribution in [0.3, 0.4) is 0 Å². The molecule has 0 aliphatic carbocycles. The average Bonchev–Trinajstić information content (AvgIpc) is 3.40. The molecule has 37 heavy (non-hydrogen) atoms. The maximum atomic E-state index is 12.7. The van der Waals surface area contributed by atoms with Crippen molar-refractivity contribution in [3.8, 4) is 5.75 Å². The van der Waals surface area contributed by atoms with Crippen molar-refractivity contribution in [2.24, 2.45) is 0 Å². The van der Waals surface area contributed by atoms with Crippen molar-refractivity contribution in [2.45, 2.75) is 58.8 Å². The van der Waals surface area contributed by atoms with Crippen LogP contribution in [0.2, 0.25) is 0 Å². The third-order valence-electron chi connectivity index (χ3n) is 6.31. The molecule has 3 rings (SSSR count). The second-order valence-electron chi connectivity index (χ2n) is 9.29. The van der Waals surface area contributed by atoms with Crippen LogP contribution in [-0.4, -0.2) is 53.4 Å². The summed E-state index contributed by atoms with van der Waals surface area (Å²) in [4.78, 5) is 39.2. The summed E-state index contributed by atoms with van der Waals surface area (Å²) in [7, 11) is 0. The first-order chi connectivity index (χ1) is 17.8. The Balaban J connectivity index is 1.56. The number of aryl methyl sites for hydroxylation is 1. The van der Waals surface area contributed by atoms with Crippen molar-refractivity contribution in [1.82, 2.24) is 10.2 Å². The number of aromatic hydroxyl groups is 1. The number of hydrogen-bond acceptors (Lipinski definition) is 6. The van der Waals surface area contributed by atoms with Crippen molar-refractivity contribution >= 4 is 29.4 Å². The molecule has 2 aromatic rings. The van der Waals surface area contributed by atoms with Gasteiger partial charge in [-0.25, -0.2) is 4.79 Å². The Labute approximate surface area is 217 Å². The van der Waals surface area contributed by atoms with Gasteiger partial charge in [-0.05, 0) is 68.1 Å². The second-order valence-corrected chi connectivity index (χ2v) is 9.29. The van der Waals surface area contributed by atoms with Gasteiger partial charge in [0.05, 0.1) is 13.0 Å². The summed E-state index contributed by atoms with van der Waals surface area (Å²) < 4.78 is 5.10. The summed E-state index contributed by atoms with van der Waals surface area (Å²) in [6, 6.07) is 9.53. The van der Waals surface area contributed by atoms with Gasteiger partial charge in [0.1, 0.15) is 11.6 Å². The van der Waals surface area contributed by atoms with E-state index in [1.807, 2.05) is 11.8 Å². The fourth-order valence-electron chi connectivity index (χ4n) is 4.24. The maximum Gasteiger partial charge on any atom is 0.412 e. The van der Waals surface area contributed by atoms with Crippen molar-refractivity contribution in [2.75, 3.05) is 25.0 Å². The molecule has 1 fully saturated rings. The van der Waals surface area contributed by atoms with Gasteiger partial charge < -0.3 is 20.1 Å². The average molecular weight is 509 g/mol. The molecule has 0 spiro atoms. The van der Waals surface area contributed by atoms with E-state index in [0.717, 1.165) is 57.2 Å². The molecule has 0 radical (unpaired) electrons. The van der Waals surface area contributed by atoms with E-state index in [2.05, 4.69) is 17.6 Å². The zero-order valence-electron chi connectivity index (χ0n) is 21.6. The lowest BCUT2D eigenvalue weighted by atomic mass is 10.0. The Morgan fingerprint density at radius 3 is 2.51 bits per heavy atom. The molecule has 0 unspecified atom stereocenters. The predicted octanol–water partition coefficient (Wildman–Crippen LogP) is 4.75. The topological polar surface area (TPSA) is 132 Å². The second kappa shape index (κ2) is 13.4. The Morgan fingerprint density at radius 2 is 1.81 bits per heavy atom. The molecule has 9 heteroatoms. The number of ether oxygens (including phenoxy) is 1. The Kier molecular flexibility index (Phi) is 10.1. The molecule has 1 aliphatic heterocycles. The summed E-state index contributed by atoms with van der Waals surface area (Å²) in [6.45, 7) is 5.76. The van der Waals surface area contributed by atoms with Crippen LogP contribution in [-0.2, 0) is 16.0 Å². The number of carbonyl (C=O) groups excluding carboxylic acids is 3. The quantitative estimate of drug-likeness (QED) is 0.209. The zero-order chi connectivity index (χ0) is 26.8. The summed E-state index contributed by atoms with van der Waals surface area (Å²) in [5, 5.41) is 23.6. The van der Waals surface area contributed by atoms with Crippen molar-refractivity contribution in [3.05, 3.63) is 58.7 Å². The highest BCUT2D eigenvalue weighted by Crippen LogP contribution is 2.22. The Morgan fingerprint density at radius 1 is 1.05 bits per heavy atom. The number of nitrogens with one attached hydrogen (secondary N) is 3. The first-order valence-electron chi connectivity index (χ1n) is 12.8. The normalized spacial score (nSPS) is 12.8. The lowest BCUT2D eigenvalue weighted by Crippen LogP contribution is -2.31. The lowest BCUT2D eigenvalue weighted by Gasteiger charge is -2.17. The van der Waals surface area contributed by atoms with Crippen LogP contribution in [0.15, 0.2) is 36.4 Å². The zero-order valence-corrected chi connectivity index (χ0v) is 21.6. The number of rotatable bonds is 10. The molecule has 1 saturated heterocycles. The van der Waals surface area contributed by atoms with Gasteiger partial charge in [0.25, 0.3) is 5.91 Å². The minimum absolute atomic E-state index is 0.00560. The van der Waals surface area contributed by atoms with Gasteiger partial charge >= 0.3 is 6.09 Å². The van der Waals surface area contributed by atoms with Gasteiger partial charge in [-0.15, -0.1) is 0 Å². The van der Waals surface area contributed by atoms with E-state index in [1.54, 1.807) is 18.2 Å². The molecule has 198 valence electrons. The third-order valence-corrected chi connectivity index (χ3v) is 6.31. The van der Waals surface area contributed by atoms with Crippen LogP contribution in [0.1, 0.15) is 72.5 Å². The van der Waals surface area contributed by atoms with E-state index in [4.69, 9.17) is 10.1 Å². The Hall–Kier alpha value is -3.88. The predicted molar refractivity (Wildman–Crippen MR) is 142 cm³/mol. The summed E-state index contributed by atoms with van der Waals surface area (Å²) in [6.07, 6.45) is 5.10. The molecule has 1 aliphatic rings. The SMILES string of the molecule is CCCCCCOC(=O)NC(=N)c1ccc(O)c(CC(=O)Nc2ccc(C(=O)N3CCCC3)c(C)c2)c1. The van der Waals surface area contributed by atoms with Crippen molar-refractivity contribution in [1.29, 1.82) is 5.41 Å². The number of anilines is 1. The van der Waals surface area contributed by atoms with E-state index in [-0.39, 0.29) is 36.4 Å². The molecule has 4 N–H and O–H groups in total. The Bertz CT molecular complexity index is 1140. The summed E-state index contributed by atoms with van der Waals surface area (Å²) in [5.41, 5.74) is 2.59.